The molecule has 1 amide bonds. The van der Waals surface area contributed by atoms with E-state index in [4.69, 9.17) is 21.1 Å². The van der Waals surface area contributed by atoms with E-state index >= 15 is 0 Å². The minimum Gasteiger partial charge on any atom is -0.462 e. The number of carbonyl (C=O) groups excluding carboxylic acids is 2. The molecule has 0 atom stereocenters. The molecule has 5 nitrogen and oxygen atoms in total. The molecule has 0 aliphatic carbocycles. The molecule has 24 heavy (non-hydrogen) atoms. The SMILES string of the molecule is CCOC(=O)c1ccc(C=C2CN(C(=O)OC(C)(C)C)C2)c(Cl)c1. The van der Waals surface area contributed by atoms with E-state index in [9.17, 15) is 9.59 Å². The van der Waals surface area contributed by atoms with E-state index in [0.717, 1.165) is 11.1 Å². The number of rotatable bonds is 3. The lowest BCUT2D eigenvalue weighted by Gasteiger charge is -2.35. The van der Waals surface area contributed by atoms with E-state index in [1.165, 1.54) is 0 Å². The Balaban J connectivity index is 1.99. The molecule has 0 saturated carbocycles. The largest absolute Gasteiger partial charge is 0.462 e. The van der Waals surface area contributed by atoms with Crippen LogP contribution in [0.5, 0.6) is 0 Å². The summed E-state index contributed by atoms with van der Waals surface area (Å²) in [6.07, 6.45) is 1.61. The third-order valence-corrected chi connectivity index (χ3v) is 3.64. The number of esters is 1. The summed E-state index contributed by atoms with van der Waals surface area (Å²) in [6, 6.07) is 5.05. The van der Waals surface area contributed by atoms with Crippen molar-refractivity contribution >= 4 is 29.7 Å². The second kappa shape index (κ2) is 7.26. The maximum absolute atomic E-state index is 11.9. The number of hydrogen-bond acceptors (Lipinski definition) is 4. The Bertz CT molecular complexity index is 668. The minimum atomic E-state index is -0.497. The van der Waals surface area contributed by atoms with Crippen molar-refractivity contribution in [3.05, 3.63) is 39.9 Å². The highest BCUT2D eigenvalue weighted by atomic mass is 35.5. The molecule has 2 rings (SSSR count). The van der Waals surface area contributed by atoms with Crippen molar-refractivity contribution < 1.29 is 19.1 Å². The van der Waals surface area contributed by atoms with Crippen LogP contribution in [0.1, 0.15) is 43.6 Å². The zero-order chi connectivity index (χ0) is 17.9. The van der Waals surface area contributed by atoms with Gasteiger partial charge in [-0.25, -0.2) is 9.59 Å². The van der Waals surface area contributed by atoms with Gasteiger partial charge < -0.3 is 14.4 Å². The normalized spacial score (nSPS) is 14.0. The highest BCUT2D eigenvalue weighted by Gasteiger charge is 2.29. The van der Waals surface area contributed by atoms with Crippen LogP contribution < -0.4 is 0 Å². The fourth-order valence-electron chi connectivity index (χ4n) is 2.20. The predicted molar refractivity (Wildman–Crippen MR) is 93.2 cm³/mol. The van der Waals surface area contributed by atoms with Crippen molar-refractivity contribution in [3.63, 3.8) is 0 Å². The molecule has 1 fully saturated rings. The van der Waals surface area contributed by atoms with Gasteiger partial charge in [-0.2, -0.15) is 0 Å². The molecule has 1 saturated heterocycles. The molecule has 1 aliphatic heterocycles. The molecular formula is C18H22ClNO4. The molecule has 0 unspecified atom stereocenters. The highest BCUT2D eigenvalue weighted by molar-refractivity contribution is 6.32. The smallest absolute Gasteiger partial charge is 0.410 e. The molecule has 6 heteroatoms. The van der Waals surface area contributed by atoms with Gasteiger partial charge in [0.1, 0.15) is 5.60 Å². The van der Waals surface area contributed by atoms with E-state index in [2.05, 4.69) is 0 Å². The lowest BCUT2D eigenvalue weighted by atomic mass is 10.0. The van der Waals surface area contributed by atoms with Gasteiger partial charge in [0.2, 0.25) is 0 Å². The fraction of sp³-hybridized carbons (Fsp3) is 0.444. The Kier molecular flexibility index (Phi) is 5.54. The van der Waals surface area contributed by atoms with Crippen molar-refractivity contribution in [1.29, 1.82) is 0 Å². The van der Waals surface area contributed by atoms with Gasteiger partial charge in [0.15, 0.2) is 0 Å². The first-order valence-electron chi connectivity index (χ1n) is 7.83. The Morgan fingerprint density at radius 2 is 1.96 bits per heavy atom. The van der Waals surface area contributed by atoms with E-state index < -0.39 is 11.6 Å². The maximum Gasteiger partial charge on any atom is 0.410 e. The summed E-state index contributed by atoms with van der Waals surface area (Å²) in [4.78, 5) is 25.2. The van der Waals surface area contributed by atoms with Crippen molar-refractivity contribution in [3.8, 4) is 0 Å². The summed E-state index contributed by atoms with van der Waals surface area (Å²) in [5.41, 5.74) is 1.81. The van der Waals surface area contributed by atoms with Crippen molar-refractivity contribution in [1.82, 2.24) is 4.90 Å². The number of halogens is 1. The first-order chi connectivity index (χ1) is 11.2. The van der Waals surface area contributed by atoms with E-state index in [1.54, 1.807) is 30.0 Å². The molecular weight excluding hydrogens is 330 g/mol. The third-order valence-electron chi connectivity index (χ3n) is 3.31. The Morgan fingerprint density at radius 1 is 1.29 bits per heavy atom. The van der Waals surface area contributed by atoms with Gasteiger partial charge >= 0.3 is 12.1 Å². The molecule has 0 spiro atoms. The number of ether oxygens (including phenoxy) is 2. The van der Waals surface area contributed by atoms with Crippen LogP contribution in [0.4, 0.5) is 4.79 Å². The van der Waals surface area contributed by atoms with Crippen LogP contribution in [-0.4, -0.2) is 42.3 Å². The third kappa shape index (κ3) is 4.74. The van der Waals surface area contributed by atoms with Crippen molar-refractivity contribution in [2.24, 2.45) is 0 Å². The van der Waals surface area contributed by atoms with Gasteiger partial charge in [0, 0.05) is 18.1 Å². The van der Waals surface area contributed by atoms with Gasteiger partial charge in [-0.15, -0.1) is 0 Å². The van der Waals surface area contributed by atoms with Gasteiger partial charge in [-0.1, -0.05) is 23.7 Å². The van der Waals surface area contributed by atoms with Crippen LogP contribution in [0.15, 0.2) is 23.8 Å². The van der Waals surface area contributed by atoms with Crippen LogP contribution in [-0.2, 0) is 9.47 Å². The average molecular weight is 352 g/mol. The summed E-state index contributed by atoms with van der Waals surface area (Å²) < 4.78 is 10.3. The molecule has 1 aromatic rings. The lowest BCUT2D eigenvalue weighted by Crippen LogP contribution is -2.46. The molecule has 130 valence electrons. The first-order valence-corrected chi connectivity index (χ1v) is 8.21. The zero-order valence-electron chi connectivity index (χ0n) is 14.4. The van der Waals surface area contributed by atoms with Gasteiger partial charge in [-0.3, -0.25) is 0 Å². The monoisotopic (exact) mass is 351 g/mol. The number of carbonyl (C=O) groups is 2. The van der Waals surface area contributed by atoms with Crippen LogP contribution in [0, 0.1) is 0 Å². The second-order valence-electron chi connectivity index (χ2n) is 6.60. The van der Waals surface area contributed by atoms with Gasteiger partial charge in [0.05, 0.1) is 12.2 Å². The van der Waals surface area contributed by atoms with Crippen LogP contribution >= 0.6 is 11.6 Å². The fourth-order valence-corrected chi connectivity index (χ4v) is 2.43. The van der Waals surface area contributed by atoms with Crippen molar-refractivity contribution in [2.75, 3.05) is 19.7 Å². The Labute approximate surface area is 147 Å². The van der Waals surface area contributed by atoms with Gasteiger partial charge in [-0.05, 0) is 51.0 Å². The molecule has 0 radical (unpaired) electrons. The highest BCUT2D eigenvalue weighted by Crippen LogP contribution is 2.25. The summed E-state index contributed by atoms with van der Waals surface area (Å²) in [7, 11) is 0. The number of likely N-dealkylation sites (tertiary alicyclic amines) is 1. The number of nitrogens with zero attached hydrogens (tertiary/aromatic N) is 1. The first kappa shape index (κ1) is 18.3. The molecule has 1 aromatic carbocycles. The topological polar surface area (TPSA) is 55.8 Å². The maximum atomic E-state index is 11.9. The van der Waals surface area contributed by atoms with E-state index in [1.807, 2.05) is 26.8 Å². The van der Waals surface area contributed by atoms with E-state index in [0.29, 0.717) is 30.3 Å². The summed E-state index contributed by atoms with van der Waals surface area (Å²) >= 11 is 6.23. The zero-order valence-corrected chi connectivity index (χ0v) is 15.1. The van der Waals surface area contributed by atoms with Gasteiger partial charge in [0.25, 0.3) is 0 Å². The minimum absolute atomic E-state index is 0.316. The molecule has 0 bridgehead atoms. The Hall–Kier alpha value is -2.01. The number of hydrogen-bond donors (Lipinski definition) is 0. The predicted octanol–water partition coefficient (Wildman–Crippen LogP) is 4.15. The molecule has 0 N–H and O–H groups in total. The Morgan fingerprint density at radius 3 is 2.50 bits per heavy atom. The molecule has 0 aromatic heterocycles. The van der Waals surface area contributed by atoms with Crippen molar-refractivity contribution in [2.45, 2.75) is 33.3 Å². The average Bonchev–Trinajstić information content (AvgIpc) is 2.41. The summed E-state index contributed by atoms with van der Waals surface area (Å²) in [6.45, 7) is 8.63. The van der Waals surface area contributed by atoms with E-state index in [-0.39, 0.29) is 6.09 Å². The molecule has 1 aliphatic rings. The number of amides is 1. The molecule has 1 heterocycles. The summed E-state index contributed by atoms with van der Waals surface area (Å²) in [5.74, 6) is -0.390. The lowest BCUT2D eigenvalue weighted by molar-refractivity contribution is 0.0216. The van der Waals surface area contributed by atoms with Crippen LogP contribution in [0.2, 0.25) is 5.02 Å². The quantitative estimate of drug-likeness (QED) is 0.767. The van der Waals surface area contributed by atoms with Crippen LogP contribution in [0.25, 0.3) is 6.08 Å². The standard InChI is InChI=1S/C18H22ClNO4/c1-5-23-16(21)14-7-6-13(15(19)9-14)8-12-10-20(11-12)17(22)24-18(2,3)4/h6-9H,5,10-11H2,1-4H3. The second-order valence-corrected chi connectivity index (χ2v) is 7.00. The number of benzene rings is 1. The summed E-state index contributed by atoms with van der Waals surface area (Å²) in [5, 5.41) is 0.476. The van der Waals surface area contributed by atoms with Crippen LogP contribution in [0.3, 0.4) is 0 Å².